The van der Waals surface area contributed by atoms with Gasteiger partial charge in [0.05, 0.1) is 5.39 Å². The molecule has 0 bridgehead atoms. The van der Waals surface area contributed by atoms with Crippen LogP contribution in [0.5, 0.6) is 0 Å². The first-order valence-corrected chi connectivity index (χ1v) is 12.7. The van der Waals surface area contributed by atoms with Gasteiger partial charge in [0.25, 0.3) is 5.91 Å². The van der Waals surface area contributed by atoms with Gasteiger partial charge in [-0.3, -0.25) is 4.79 Å². The quantitative estimate of drug-likeness (QED) is 0.355. The lowest BCUT2D eigenvalue weighted by atomic mass is 10.1. The van der Waals surface area contributed by atoms with Gasteiger partial charge in [0, 0.05) is 44.8 Å². The van der Waals surface area contributed by atoms with Crippen molar-refractivity contribution in [2.24, 2.45) is 5.73 Å². The van der Waals surface area contributed by atoms with E-state index in [0.717, 1.165) is 50.0 Å². The highest BCUT2D eigenvalue weighted by atomic mass is 16.2. The van der Waals surface area contributed by atoms with Crippen molar-refractivity contribution in [2.45, 2.75) is 12.8 Å². The van der Waals surface area contributed by atoms with Crippen LogP contribution in [0.15, 0.2) is 66.7 Å². The molecule has 2 aromatic heterocycles. The minimum absolute atomic E-state index is 0.00365. The number of H-pyrrole nitrogens is 1. The van der Waals surface area contributed by atoms with Crippen molar-refractivity contribution >= 4 is 22.8 Å². The average molecular weight is 484 g/mol. The Bertz CT molecular complexity index is 1290. The second-order valence-corrected chi connectivity index (χ2v) is 9.15. The third kappa shape index (κ3) is 5.56. The minimum Gasteiger partial charge on any atom is -0.368 e. The molecule has 1 saturated heterocycles. The first-order valence-electron chi connectivity index (χ1n) is 12.7. The SMILES string of the molecule is NCCNc1nc(-c2ccccc2)nc2[nH]c(C(=O)N3CCCN(CCc4ccccc4)CC3)cc12. The van der Waals surface area contributed by atoms with E-state index in [0.29, 0.717) is 42.6 Å². The lowest BCUT2D eigenvalue weighted by molar-refractivity contribution is 0.0756. The van der Waals surface area contributed by atoms with E-state index < -0.39 is 0 Å². The average Bonchev–Trinajstić information content (AvgIpc) is 3.22. The van der Waals surface area contributed by atoms with Crippen LogP contribution < -0.4 is 11.1 Å². The van der Waals surface area contributed by atoms with Crippen LogP contribution in [0.3, 0.4) is 0 Å². The summed E-state index contributed by atoms with van der Waals surface area (Å²) in [5.41, 5.74) is 9.17. The Hall–Kier alpha value is -3.75. The second-order valence-electron chi connectivity index (χ2n) is 9.15. The van der Waals surface area contributed by atoms with Gasteiger partial charge < -0.3 is 25.8 Å². The van der Waals surface area contributed by atoms with E-state index in [1.807, 2.05) is 47.4 Å². The number of nitrogens with zero attached hydrogens (tertiary/aromatic N) is 4. The summed E-state index contributed by atoms with van der Waals surface area (Å²) >= 11 is 0. The van der Waals surface area contributed by atoms with Gasteiger partial charge in [0.2, 0.25) is 0 Å². The van der Waals surface area contributed by atoms with Gasteiger partial charge >= 0.3 is 0 Å². The Morgan fingerprint density at radius 2 is 1.75 bits per heavy atom. The van der Waals surface area contributed by atoms with Crippen LogP contribution in [-0.2, 0) is 6.42 Å². The predicted molar refractivity (Wildman–Crippen MR) is 144 cm³/mol. The number of fused-ring (bicyclic) bond motifs is 1. The maximum Gasteiger partial charge on any atom is 0.270 e. The van der Waals surface area contributed by atoms with Crippen molar-refractivity contribution in [3.05, 3.63) is 78.0 Å². The van der Waals surface area contributed by atoms with Gasteiger partial charge in [-0.15, -0.1) is 0 Å². The zero-order chi connectivity index (χ0) is 24.7. The number of carbonyl (C=O) groups is 1. The molecule has 0 saturated carbocycles. The molecule has 4 aromatic rings. The van der Waals surface area contributed by atoms with E-state index in [1.54, 1.807) is 0 Å². The molecule has 8 heteroatoms. The number of nitrogens with one attached hydrogen (secondary N) is 2. The smallest absolute Gasteiger partial charge is 0.270 e. The fourth-order valence-corrected chi connectivity index (χ4v) is 4.67. The van der Waals surface area contributed by atoms with Crippen LogP contribution in [0, 0.1) is 0 Å². The minimum atomic E-state index is 0.00365. The molecule has 8 nitrogen and oxygen atoms in total. The molecule has 1 aliphatic heterocycles. The number of aromatic nitrogens is 3. The molecule has 0 spiro atoms. The summed E-state index contributed by atoms with van der Waals surface area (Å²) in [5.74, 6) is 1.29. The molecule has 2 aromatic carbocycles. The Morgan fingerprint density at radius 1 is 0.972 bits per heavy atom. The van der Waals surface area contributed by atoms with Crippen molar-refractivity contribution in [1.82, 2.24) is 24.8 Å². The molecule has 0 radical (unpaired) electrons. The van der Waals surface area contributed by atoms with Gasteiger partial charge in [0.1, 0.15) is 17.2 Å². The molecule has 0 unspecified atom stereocenters. The second kappa shape index (κ2) is 11.3. The molecule has 0 aliphatic carbocycles. The van der Waals surface area contributed by atoms with Crippen LogP contribution in [0.1, 0.15) is 22.5 Å². The Labute approximate surface area is 211 Å². The molecule has 5 rings (SSSR count). The van der Waals surface area contributed by atoms with Gasteiger partial charge in [-0.25, -0.2) is 9.97 Å². The van der Waals surface area contributed by atoms with E-state index in [4.69, 9.17) is 15.7 Å². The maximum atomic E-state index is 13.5. The normalized spacial score (nSPS) is 14.6. The van der Waals surface area contributed by atoms with E-state index >= 15 is 0 Å². The highest BCUT2D eigenvalue weighted by Crippen LogP contribution is 2.26. The topological polar surface area (TPSA) is 103 Å². The number of hydrogen-bond donors (Lipinski definition) is 3. The molecule has 186 valence electrons. The van der Waals surface area contributed by atoms with E-state index in [-0.39, 0.29) is 5.91 Å². The number of hydrogen-bond acceptors (Lipinski definition) is 6. The van der Waals surface area contributed by atoms with Crippen molar-refractivity contribution in [1.29, 1.82) is 0 Å². The summed E-state index contributed by atoms with van der Waals surface area (Å²) in [6, 6.07) is 22.3. The predicted octanol–water partition coefficient (Wildman–Crippen LogP) is 3.39. The Morgan fingerprint density at radius 3 is 2.53 bits per heavy atom. The van der Waals surface area contributed by atoms with Gasteiger partial charge in [-0.05, 0) is 31.0 Å². The molecule has 0 atom stereocenters. The highest BCUT2D eigenvalue weighted by molar-refractivity contribution is 6.00. The number of rotatable bonds is 8. The largest absolute Gasteiger partial charge is 0.368 e. The van der Waals surface area contributed by atoms with Crippen molar-refractivity contribution in [2.75, 3.05) is 51.1 Å². The molecule has 1 amide bonds. The van der Waals surface area contributed by atoms with Crippen LogP contribution in [0.4, 0.5) is 5.82 Å². The zero-order valence-electron chi connectivity index (χ0n) is 20.5. The van der Waals surface area contributed by atoms with Crippen molar-refractivity contribution < 1.29 is 4.79 Å². The summed E-state index contributed by atoms with van der Waals surface area (Å²) in [5, 5.41) is 4.09. The fraction of sp³-hybridized carbons (Fsp3) is 0.321. The number of carbonyl (C=O) groups excluding carboxylic acids is 1. The van der Waals surface area contributed by atoms with Gasteiger partial charge in [0.15, 0.2) is 5.82 Å². The number of benzene rings is 2. The van der Waals surface area contributed by atoms with E-state index in [2.05, 4.69) is 39.5 Å². The summed E-state index contributed by atoms with van der Waals surface area (Å²) in [6.45, 7) is 5.41. The van der Waals surface area contributed by atoms with E-state index in [1.165, 1.54) is 5.56 Å². The summed E-state index contributed by atoms with van der Waals surface area (Å²) in [4.78, 5) is 30.6. The molecule has 3 heterocycles. The molecular weight excluding hydrogens is 450 g/mol. The first kappa shape index (κ1) is 24.0. The lowest BCUT2D eigenvalue weighted by Gasteiger charge is -2.21. The van der Waals surface area contributed by atoms with Crippen LogP contribution in [0.25, 0.3) is 22.4 Å². The molecular formula is C28H33N7O. The Kier molecular flexibility index (Phi) is 7.54. The van der Waals surface area contributed by atoms with Crippen molar-refractivity contribution in [3.8, 4) is 11.4 Å². The lowest BCUT2D eigenvalue weighted by Crippen LogP contribution is -2.35. The number of aromatic amines is 1. The first-order chi connectivity index (χ1) is 17.7. The molecule has 36 heavy (non-hydrogen) atoms. The molecule has 4 N–H and O–H groups in total. The highest BCUT2D eigenvalue weighted by Gasteiger charge is 2.23. The van der Waals surface area contributed by atoms with Crippen LogP contribution in [0.2, 0.25) is 0 Å². The number of nitrogens with two attached hydrogens (primary N) is 1. The van der Waals surface area contributed by atoms with Gasteiger partial charge in [-0.1, -0.05) is 60.7 Å². The van der Waals surface area contributed by atoms with Gasteiger partial charge in [-0.2, -0.15) is 0 Å². The zero-order valence-corrected chi connectivity index (χ0v) is 20.5. The van der Waals surface area contributed by atoms with E-state index in [9.17, 15) is 4.79 Å². The third-order valence-corrected chi connectivity index (χ3v) is 6.62. The number of amides is 1. The summed E-state index contributed by atoms with van der Waals surface area (Å²) in [7, 11) is 0. The number of anilines is 1. The summed E-state index contributed by atoms with van der Waals surface area (Å²) < 4.78 is 0. The fourth-order valence-electron chi connectivity index (χ4n) is 4.67. The third-order valence-electron chi connectivity index (χ3n) is 6.62. The van der Waals surface area contributed by atoms with Crippen LogP contribution >= 0.6 is 0 Å². The summed E-state index contributed by atoms with van der Waals surface area (Å²) in [6.07, 6.45) is 1.99. The van der Waals surface area contributed by atoms with Crippen molar-refractivity contribution in [3.63, 3.8) is 0 Å². The molecule has 1 fully saturated rings. The van der Waals surface area contributed by atoms with Crippen LogP contribution in [-0.4, -0.2) is 76.5 Å². The monoisotopic (exact) mass is 483 g/mol. The maximum absolute atomic E-state index is 13.5. The Balaban J connectivity index is 1.32. The standard InChI is InChI=1S/C28H33N7O/c29-13-14-30-26-23-20-24(31-27(23)33-25(32-26)22-10-5-2-6-11-22)28(36)35-16-7-15-34(18-19-35)17-12-21-8-3-1-4-9-21/h1-6,8-11,20H,7,12-19,29H2,(H2,30,31,32,33). The molecule has 1 aliphatic rings.